The van der Waals surface area contributed by atoms with E-state index in [9.17, 15) is 4.79 Å². The molecule has 1 aromatic rings. The predicted octanol–water partition coefficient (Wildman–Crippen LogP) is 2.23. The van der Waals surface area contributed by atoms with Crippen LogP contribution in [-0.4, -0.2) is 29.7 Å². The van der Waals surface area contributed by atoms with Crippen LogP contribution in [0.5, 0.6) is 0 Å². The fraction of sp³-hybridized carbons (Fsp3) is 0.600. The van der Waals surface area contributed by atoms with Crippen molar-refractivity contribution in [3.63, 3.8) is 0 Å². The molecule has 2 aliphatic carbocycles. The van der Waals surface area contributed by atoms with Crippen molar-refractivity contribution >= 4 is 17.5 Å². The fourth-order valence-electron chi connectivity index (χ4n) is 3.92. The minimum atomic E-state index is -1.01. The molecular weight excluding hydrogens is 254 g/mol. The zero-order chi connectivity index (χ0) is 14.3. The molecule has 20 heavy (non-hydrogen) atoms. The van der Waals surface area contributed by atoms with Crippen LogP contribution in [0.4, 0.5) is 11.5 Å². The maximum absolute atomic E-state index is 11.0. The summed E-state index contributed by atoms with van der Waals surface area (Å²) in [5.41, 5.74) is 6.54. The monoisotopic (exact) mass is 275 g/mol. The van der Waals surface area contributed by atoms with Crippen LogP contribution in [0.3, 0.4) is 0 Å². The molecule has 2 saturated carbocycles. The smallest absolute Gasteiger partial charge is 0.354 e. The van der Waals surface area contributed by atoms with Gasteiger partial charge in [0.1, 0.15) is 0 Å². The van der Waals surface area contributed by atoms with E-state index in [0.29, 0.717) is 17.4 Å². The molecule has 3 N–H and O–H groups in total. The van der Waals surface area contributed by atoms with Gasteiger partial charge in [-0.05, 0) is 49.1 Å². The molecule has 3 rings (SSSR count). The average molecular weight is 275 g/mol. The van der Waals surface area contributed by atoms with Gasteiger partial charge in [-0.3, -0.25) is 0 Å². The number of nitrogen functional groups attached to an aromatic ring is 1. The van der Waals surface area contributed by atoms with E-state index in [1.807, 2.05) is 11.9 Å². The second kappa shape index (κ2) is 4.96. The molecule has 3 unspecified atom stereocenters. The molecule has 2 fully saturated rings. The van der Waals surface area contributed by atoms with Crippen LogP contribution in [0.1, 0.15) is 36.2 Å². The Hall–Kier alpha value is -1.78. The molecule has 0 spiro atoms. The Morgan fingerprint density at radius 2 is 2.25 bits per heavy atom. The third kappa shape index (κ3) is 2.32. The molecule has 0 radical (unpaired) electrons. The lowest BCUT2D eigenvalue weighted by Crippen LogP contribution is -2.30. The summed E-state index contributed by atoms with van der Waals surface area (Å²) in [4.78, 5) is 17.2. The van der Waals surface area contributed by atoms with Crippen molar-refractivity contribution in [2.75, 3.05) is 24.2 Å². The Morgan fingerprint density at radius 1 is 1.45 bits per heavy atom. The average Bonchev–Trinajstić information content (AvgIpc) is 3.01. The van der Waals surface area contributed by atoms with Crippen molar-refractivity contribution in [1.82, 2.24) is 4.98 Å². The highest BCUT2D eigenvalue weighted by Gasteiger charge is 2.39. The Balaban J connectivity index is 1.75. The van der Waals surface area contributed by atoms with E-state index in [1.165, 1.54) is 31.7 Å². The molecule has 1 heterocycles. The number of nitrogens with two attached hydrogens (primary N) is 1. The lowest BCUT2D eigenvalue weighted by molar-refractivity contribution is 0.0690. The topological polar surface area (TPSA) is 79.5 Å². The zero-order valence-corrected chi connectivity index (χ0v) is 11.7. The second-order valence-electron chi connectivity index (χ2n) is 6.23. The molecule has 108 valence electrons. The summed E-state index contributed by atoms with van der Waals surface area (Å²) in [6.07, 6.45) is 5.41. The number of hydrogen-bond donors (Lipinski definition) is 2. The Bertz CT molecular complexity index is 532. The third-order valence-electron chi connectivity index (χ3n) is 4.88. The van der Waals surface area contributed by atoms with Crippen molar-refractivity contribution in [1.29, 1.82) is 0 Å². The van der Waals surface area contributed by atoms with Crippen molar-refractivity contribution in [2.24, 2.45) is 17.8 Å². The van der Waals surface area contributed by atoms with Gasteiger partial charge in [0.2, 0.25) is 0 Å². The van der Waals surface area contributed by atoms with Crippen molar-refractivity contribution in [3.05, 3.63) is 17.8 Å². The molecule has 2 bridgehead atoms. The van der Waals surface area contributed by atoms with Crippen LogP contribution in [0, 0.1) is 17.8 Å². The summed E-state index contributed by atoms with van der Waals surface area (Å²) in [5, 5.41) is 9.03. The van der Waals surface area contributed by atoms with E-state index in [1.54, 1.807) is 6.07 Å². The highest BCUT2D eigenvalue weighted by atomic mass is 16.4. The summed E-state index contributed by atoms with van der Waals surface area (Å²) in [7, 11) is 1.95. The number of rotatable bonds is 4. The van der Waals surface area contributed by atoms with Gasteiger partial charge in [0.25, 0.3) is 0 Å². The molecule has 0 aromatic carbocycles. The van der Waals surface area contributed by atoms with E-state index in [-0.39, 0.29) is 5.69 Å². The van der Waals surface area contributed by atoms with Gasteiger partial charge >= 0.3 is 5.97 Å². The van der Waals surface area contributed by atoms with Gasteiger partial charge in [0.05, 0.1) is 5.69 Å². The molecule has 2 aliphatic rings. The lowest BCUT2D eigenvalue weighted by Gasteiger charge is -2.28. The third-order valence-corrected chi connectivity index (χ3v) is 4.88. The number of hydrogen-bond acceptors (Lipinski definition) is 4. The fourth-order valence-corrected chi connectivity index (χ4v) is 3.92. The van der Waals surface area contributed by atoms with Gasteiger partial charge < -0.3 is 15.7 Å². The Labute approximate surface area is 118 Å². The van der Waals surface area contributed by atoms with Gasteiger partial charge in [0.15, 0.2) is 11.5 Å². The largest absolute Gasteiger partial charge is 0.477 e. The predicted molar refractivity (Wildman–Crippen MR) is 77.8 cm³/mol. The van der Waals surface area contributed by atoms with E-state index in [4.69, 9.17) is 10.8 Å². The van der Waals surface area contributed by atoms with Gasteiger partial charge in [-0.2, -0.15) is 0 Å². The van der Waals surface area contributed by atoms with Gasteiger partial charge in [0, 0.05) is 13.6 Å². The lowest BCUT2D eigenvalue weighted by atomic mass is 9.88. The molecule has 5 heteroatoms. The van der Waals surface area contributed by atoms with E-state index in [2.05, 4.69) is 4.98 Å². The van der Waals surface area contributed by atoms with E-state index >= 15 is 0 Å². The SMILES string of the molecule is CN(CC1CC2CCC1C2)c1nc(C(=O)O)ccc1N. The first kappa shape index (κ1) is 13.2. The van der Waals surface area contributed by atoms with Gasteiger partial charge in [-0.1, -0.05) is 6.42 Å². The number of pyridine rings is 1. The van der Waals surface area contributed by atoms with Crippen LogP contribution >= 0.6 is 0 Å². The molecule has 0 saturated heterocycles. The quantitative estimate of drug-likeness (QED) is 0.881. The second-order valence-corrected chi connectivity index (χ2v) is 6.23. The van der Waals surface area contributed by atoms with Crippen molar-refractivity contribution in [3.8, 4) is 0 Å². The number of fused-ring (bicyclic) bond motifs is 2. The Morgan fingerprint density at radius 3 is 2.85 bits per heavy atom. The van der Waals surface area contributed by atoms with Crippen molar-refractivity contribution in [2.45, 2.75) is 25.7 Å². The van der Waals surface area contributed by atoms with Crippen LogP contribution < -0.4 is 10.6 Å². The van der Waals surface area contributed by atoms with Crippen LogP contribution in [0.25, 0.3) is 0 Å². The molecular formula is C15H21N3O2. The summed E-state index contributed by atoms with van der Waals surface area (Å²) in [5.74, 6) is 2.03. The Kier molecular flexibility index (Phi) is 3.28. The molecule has 0 aliphatic heterocycles. The highest BCUT2D eigenvalue weighted by Crippen LogP contribution is 2.48. The minimum Gasteiger partial charge on any atom is -0.477 e. The first-order chi connectivity index (χ1) is 9.54. The number of anilines is 2. The number of carboxylic acid groups (broad SMARTS) is 1. The first-order valence-electron chi connectivity index (χ1n) is 7.25. The summed E-state index contributed by atoms with van der Waals surface area (Å²) < 4.78 is 0. The number of aromatic nitrogens is 1. The number of aromatic carboxylic acids is 1. The highest BCUT2D eigenvalue weighted by molar-refractivity contribution is 5.86. The van der Waals surface area contributed by atoms with E-state index in [0.717, 1.165) is 18.4 Å². The molecule has 5 nitrogen and oxygen atoms in total. The van der Waals surface area contributed by atoms with Crippen LogP contribution in [0.15, 0.2) is 12.1 Å². The minimum absolute atomic E-state index is 0.0500. The van der Waals surface area contributed by atoms with Gasteiger partial charge in [-0.15, -0.1) is 0 Å². The standard InChI is InChI=1S/C15H21N3O2/c1-18(8-11-7-9-2-3-10(11)6-9)14-12(16)4-5-13(17-14)15(19)20/h4-5,9-11H,2-3,6-8,16H2,1H3,(H,19,20). The summed E-state index contributed by atoms with van der Waals surface area (Å²) >= 11 is 0. The van der Waals surface area contributed by atoms with Gasteiger partial charge in [-0.25, -0.2) is 9.78 Å². The maximum atomic E-state index is 11.0. The maximum Gasteiger partial charge on any atom is 0.354 e. The normalized spacial score (nSPS) is 27.8. The number of nitrogens with zero attached hydrogens (tertiary/aromatic N) is 2. The first-order valence-corrected chi connectivity index (χ1v) is 7.25. The number of carboxylic acids is 1. The molecule has 0 amide bonds. The zero-order valence-electron chi connectivity index (χ0n) is 11.7. The molecule has 3 atom stereocenters. The summed E-state index contributed by atoms with van der Waals surface area (Å²) in [6.45, 7) is 0.918. The van der Waals surface area contributed by atoms with Crippen molar-refractivity contribution < 1.29 is 9.90 Å². The van der Waals surface area contributed by atoms with Crippen LogP contribution in [-0.2, 0) is 0 Å². The molecule has 1 aromatic heterocycles. The summed E-state index contributed by atoms with van der Waals surface area (Å²) in [6, 6.07) is 3.08. The van der Waals surface area contributed by atoms with Crippen LogP contribution in [0.2, 0.25) is 0 Å². The van der Waals surface area contributed by atoms with E-state index < -0.39 is 5.97 Å². The number of carbonyl (C=O) groups is 1.